The van der Waals surface area contributed by atoms with Gasteiger partial charge in [-0.1, -0.05) is 50.6 Å². The maximum absolute atomic E-state index is 13.4. The summed E-state index contributed by atoms with van der Waals surface area (Å²) in [5.41, 5.74) is 6.48. The lowest BCUT2D eigenvalue weighted by Crippen LogP contribution is -2.51. The van der Waals surface area contributed by atoms with Gasteiger partial charge in [0.05, 0.1) is 34.9 Å². The highest BCUT2D eigenvalue weighted by Crippen LogP contribution is 2.40. The topological polar surface area (TPSA) is 107 Å². The van der Waals surface area contributed by atoms with Gasteiger partial charge in [0.1, 0.15) is 5.82 Å². The summed E-state index contributed by atoms with van der Waals surface area (Å²) in [6.07, 6.45) is 12.7. The van der Waals surface area contributed by atoms with Gasteiger partial charge in [-0.05, 0) is 86.9 Å². The summed E-state index contributed by atoms with van der Waals surface area (Å²) < 4.78 is 6.93. The van der Waals surface area contributed by atoms with Crippen molar-refractivity contribution in [3.05, 3.63) is 107 Å². The Hall–Kier alpha value is -4.64. The van der Waals surface area contributed by atoms with Gasteiger partial charge in [-0.15, -0.1) is 0 Å². The molecule has 2 saturated heterocycles. The second-order valence-corrected chi connectivity index (χ2v) is 14.8. The number of aromatic nitrogens is 2. The van der Waals surface area contributed by atoms with Crippen molar-refractivity contribution in [2.45, 2.75) is 77.3 Å². The van der Waals surface area contributed by atoms with Gasteiger partial charge in [0.2, 0.25) is 0 Å². The first kappa shape index (κ1) is 31.0. The summed E-state index contributed by atoms with van der Waals surface area (Å²) in [4.78, 5) is 28.8. The van der Waals surface area contributed by atoms with Crippen LogP contribution in [0.4, 0.5) is 21.1 Å². The fourth-order valence-corrected chi connectivity index (χ4v) is 7.70. The Balaban J connectivity index is 0.977. The monoisotopic (exact) mass is 650 g/mol. The van der Waals surface area contributed by atoms with Crippen LogP contribution in [0.25, 0.3) is 5.69 Å². The molecule has 2 aromatic carbocycles. The van der Waals surface area contributed by atoms with E-state index in [1.54, 1.807) is 4.68 Å². The van der Waals surface area contributed by atoms with Crippen LogP contribution in [0.1, 0.15) is 63.3 Å². The molecule has 2 bridgehead atoms. The van der Waals surface area contributed by atoms with Crippen molar-refractivity contribution in [1.82, 2.24) is 29.0 Å². The summed E-state index contributed by atoms with van der Waals surface area (Å²) in [5.74, 6) is 1.09. The molecule has 2 atom stereocenters. The number of aryl methyl sites for hydroxylation is 1. The van der Waals surface area contributed by atoms with E-state index in [1.807, 2.05) is 78.2 Å². The summed E-state index contributed by atoms with van der Waals surface area (Å²) in [7, 11) is 0. The molecule has 1 aromatic heterocycles. The van der Waals surface area contributed by atoms with Gasteiger partial charge in [0, 0.05) is 41.7 Å². The molecule has 47 heavy (non-hydrogen) atoms. The lowest BCUT2D eigenvalue weighted by Gasteiger charge is -2.39. The summed E-state index contributed by atoms with van der Waals surface area (Å²) in [6.45, 7) is 8.38. The molecule has 0 saturated carbocycles. The standard InChI is InChI=1S/C36H42N8O2S/c1-23-10-12-27(13-11-23)44-33(21-32(41-44)36(2,3)4)40-34(45)38-26-8-5-7-24(18-26)17-25-19-28-14-15-29(20-25)43(28)35(46)39-30-9-6-16-42-31(30)22-37-47-42/h5-13,16,18,21-22,25,28-29,37H,14-15,17,19-20H2,1-4H3,(H,39,46)(H2,38,40,45). The molecule has 11 heteroatoms. The summed E-state index contributed by atoms with van der Waals surface area (Å²) >= 11 is 1.48. The van der Waals surface area contributed by atoms with Gasteiger partial charge >= 0.3 is 12.1 Å². The number of piperidine rings is 1. The van der Waals surface area contributed by atoms with Crippen molar-refractivity contribution in [3.8, 4) is 5.69 Å². The van der Waals surface area contributed by atoms with Gasteiger partial charge in [-0.2, -0.15) is 5.10 Å². The predicted octanol–water partition coefficient (Wildman–Crippen LogP) is 7.34. The number of fused-ring (bicyclic) bond motifs is 3. The Morgan fingerprint density at radius 3 is 2.51 bits per heavy atom. The van der Waals surface area contributed by atoms with Gasteiger partial charge in [-0.25, -0.2) is 14.3 Å². The average molecular weight is 651 g/mol. The molecule has 2 unspecified atom stereocenters. The lowest BCUT2D eigenvalue weighted by atomic mass is 9.86. The van der Waals surface area contributed by atoms with E-state index >= 15 is 0 Å². The number of hydrogen-bond acceptors (Lipinski definition) is 6. The molecule has 4 amide bonds. The molecular weight excluding hydrogens is 609 g/mol. The number of anilines is 2. The zero-order valence-electron chi connectivity index (χ0n) is 27.3. The van der Waals surface area contributed by atoms with E-state index in [-0.39, 0.29) is 29.6 Å². The van der Waals surface area contributed by atoms with Crippen molar-refractivity contribution in [3.63, 3.8) is 0 Å². The Morgan fingerprint density at radius 2 is 1.77 bits per heavy atom. The van der Waals surface area contributed by atoms with E-state index in [0.717, 1.165) is 66.1 Å². The molecule has 0 radical (unpaired) electrons. The number of allylic oxidation sites excluding steroid dienone is 2. The van der Waals surface area contributed by atoms with Crippen molar-refractivity contribution < 1.29 is 9.59 Å². The summed E-state index contributed by atoms with van der Waals surface area (Å²) in [6, 6.07) is 18.3. The van der Waals surface area contributed by atoms with Crippen LogP contribution in [0.2, 0.25) is 0 Å². The highest BCUT2D eigenvalue weighted by Gasteiger charge is 2.43. The molecule has 4 N–H and O–H groups in total. The number of carbonyl (C=O) groups excluding carboxylic acids is 2. The summed E-state index contributed by atoms with van der Waals surface area (Å²) in [5, 5.41) is 14.1. The molecule has 3 aromatic rings. The number of hydrogen-bond donors (Lipinski definition) is 4. The molecule has 0 spiro atoms. The van der Waals surface area contributed by atoms with Crippen LogP contribution in [0.3, 0.4) is 0 Å². The molecule has 4 aliphatic heterocycles. The van der Waals surface area contributed by atoms with Crippen molar-refractivity contribution in [2.75, 3.05) is 10.6 Å². The van der Waals surface area contributed by atoms with Crippen LogP contribution in [0.5, 0.6) is 0 Å². The molecular formula is C36H42N8O2S. The number of rotatable bonds is 6. The SMILES string of the molecule is Cc1ccc(-n2nc(C(C)(C)C)cc2NC(=O)Nc2cccc(CC3CC4CCC(C3)N4C(=O)NC3=CC=CN4SNC=C34)c2)cc1. The third kappa shape index (κ3) is 6.62. The highest BCUT2D eigenvalue weighted by molar-refractivity contribution is 7.95. The number of amides is 4. The fraction of sp³-hybridized carbons (Fsp3) is 0.361. The van der Waals surface area contributed by atoms with E-state index in [9.17, 15) is 9.59 Å². The van der Waals surface area contributed by atoms with Crippen molar-refractivity contribution in [1.29, 1.82) is 0 Å². The number of urea groups is 2. The Bertz CT molecular complexity index is 1760. The molecule has 7 rings (SSSR count). The number of carbonyl (C=O) groups is 2. The largest absolute Gasteiger partial charge is 0.324 e. The molecule has 2 fully saturated rings. The maximum atomic E-state index is 13.4. The molecule has 0 aliphatic carbocycles. The second-order valence-electron chi connectivity index (χ2n) is 13.9. The van der Waals surface area contributed by atoms with Crippen LogP contribution in [0, 0.1) is 12.8 Å². The third-order valence-electron chi connectivity index (χ3n) is 9.36. The van der Waals surface area contributed by atoms with Gasteiger partial charge in [0.15, 0.2) is 0 Å². The predicted molar refractivity (Wildman–Crippen MR) is 188 cm³/mol. The zero-order valence-corrected chi connectivity index (χ0v) is 28.1. The van der Waals surface area contributed by atoms with Gasteiger partial charge in [0.25, 0.3) is 0 Å². The van der Waals surface area contributed by atoms with Crippen molar-refractivity contribution in [2.24, 2.45) is 5.92 Å². The van der Waals surface area contributed by atoms with E-state index in [4.69, 9.17) is 5.10 Å². The first-order valence-corrected chi connectivity index (χ1v) is 17.1. The molecule has 4 aliphatic rings. The highest BCUT2D eigenvalue weighted by atomic mass is 32.2. The minimum absolute atomic E-state index is 0.00852. The Labute approximate surface area is 280 Å². The van der Waals surface area contributed by atoms with E-state index < -0.39 is 0 Å². The molecule has 5 heterocycles. The smallest absolute Gasteiger partial charge is 0.319 e. The van der Waals surface area contributed by atoms with E-state index in [1.165, 1.54) is 17.7 Å². The zero-order chi connectivity index (χ0) is 32.7. The Kier molecular flexibility index (Phi) is 8.25. The average Bonchev–Trinajstić information content (AvgIpc) is 3.74. The number of benzene rings is 2. The minimum atomic E-state index is -0.317. The van der Waals surface area contributed by atoms with Crippen LogP contribution < -0.4 is 20.7 Å². The van der Waals surface area contributed by atoms with Crippen LogP contribution >= 0.6 is 12.1 Å². The lowest BCUT2D eigenvalue weighted by molar-refractivity contribution is 0.123. The van der Waals surface area contributed by atoms with Crippen LogP contribution in [0.15, 0.2) is 90.5 Å². The maximum Gasteiger partial charge on any atom is 0.324 e. The fourth-order valence-electron chi connectivity index (χ4n) is 7.04. The number of nitrogens with zero attached hydrogens (tertiary/aromatic N) is 4. The second kappa shape index (κ2) is 12.5. The quantitative estimate of drug-likeness (QED) is 0.208. The first-order chi connectivity index (χ1) is 22.6. The van der Waals surface area contributed by atoms with E-state index in [0.29, 0.717) is 11.7 Å². The first-order valence-electron chi connectivity index (χ1n) is 16.4. The third-order valence-corrected chi connectivity index (χ3v) is 10.1. The minimum Gasteiger partial charge on any atom is -0.319 e. The van der Waals surface area contributed by atoms with E-state index in [2.05, 4.69) is 58.5 Å². The molecule has 10 nitrogen and oxygen atoms in total. The normalized spacial score (nSPS) is 21.5. The Morgan fingerprint density at radius 1 is 1.00 bits per heavy atom. The number of nitrogens with one attached hydrogen (secondary N) is 4. The van der Waals surface area contributed by atoms with Gasteiger partial charge in [-0.3, -0.25) is 9.62 Å². The van der Waals surface area contributed by atoms with Gasteiger partial charge < -0.3 is 20.3 Å². The van der Waals surface area contributed by atoms with Crippen molar-refractivity contribution >= 4 is 35.7 Å². The van der Waals surface area contributed by atoms with Crippen LogP contribution in [-0.2, 0) is 11.8 Å². The van der Waals surface area contributed by atoms with Crippen LogP contribution in [-0.4, -0.2) is 43.1 Å². The molecule has 244 valence electrons.